The summed E-state index contributed by atoms with van der Waals surface area (Å²) in [5.74, 6) is -3.24. The van der Waals surface area contributed by atoms with Gasteiger partial charge >= 0.3 is 12.0 Å². The molecular formula is C14H12F3N3O2. The van der Waals surface area contributed by atoms with Crippen LogP contribution in [0.1, 0.15) is 17.5 Å². The molecular weight excluding hydrogens is 299 g/mol. The molecule has 5 nitrogen and oxygen atoms in total. The predicted octanol–water partition coefficient (Wildman–Crippen LogP) is 2.31. The number of halogens is 3. The summed E-state index contributed by atoms with van der Waals surface area (Å²) in [6.45, 7) is 0.558. The first-order valence-electron chi connectivity index (χ1n) is 6.48. The van der Waals surface area contributed by atoms with Crippen LogP contribution in [0.3, 0.4) is 0 Å². The highest BCUT2D eigenvalue weighted by molar-refractivity contribution is 6.01. The SMILES string of the molecule is OC1(C(F)(F)F)CC(c2ccc(Cn3cccn3)cc2)=NO1. The van der Waals surface area contributed by atoms with Gasteiger partial charge in [-0.25, -0.2) is 0 Å². The largest absolute Gasteiger partial charge is 0.458 e. The average Bonchev–Trinajstić information content (AvgIpc) is 3.09. The molecule has 1 aromatic carbocycles. The van der Waals surface area contributed by atoms with Gasteiger partial charge in [-0.1, -0.05) is 29.4 Å². The van der Waals surface area contributed by atoms with Gasteiger partial charge in [0.2, 0.25) is 0 Å². The van der Waals surface area contributed by atoms with E-state index in [0.29, 0.717) is 12.1 Å². The quantitative estimate of drug-likeness (QED) is 0.946. The minimum absolute atomic E-state index is 0.0606. The summed E-state index contributed by atoms with van der Waals surface area (Å²) in [6.07, 6.45) is -2.14. The normalized spacial score (nSPS) is 21.5. The standard InChI is InChI=1S/C14H12F3N3O2/c15-14(16,17)13(21)8-12(19-22-13)11-4-2-10(3-5-11)9-20-7-1-6-18-20/h1-7,21H,8-9H2. The van der Waals surface area contributed by atoms with Crippen molar-refractivity contribution in [1.29, 1.82) is 0 Å². The van der Waals surface area contributed by atoms with Crippen molar-refractivity contribution < 1.29 is 23.1 Å². The van der Waals surface area contributed by atoms with E-state index in [-0.39, 0.29) is 5.71 Å². The summed E-state index contributed by atoms with van der Waals surface area (Å²) in [6, 6.07) is 8.62. The molecule has 0 radical (unpaired) electrons. The summed E-state index contributed by atoms with van der Waals surface area (Å²) >= 11 is 0. The molecule has 116 valence electrons. The monoisotopic (exact) mass is 311 g/mol. The Bertz CT molecular complexity index is 680. The van der Waals surface area contributed by atoms with E-state index in [1.54, 1.807) is 41.2 Å². The second-order valence-corrected chi connectivity index (χ2v) is 4.99. The number of oxime groups is 1. The number of alkyl halides is 3. The number of aromatic nitrogens is 2. The van der Waals surface area contributed by atoms with Gasteiger partial charge in [0.25, 0.3) is 0 Å². The third-order valence-corrected chi connectivity index (χ3v) is 3.35. The maximum atomic E-state index is 12.7. The van der Waals surface area contributed by atoms with Gasteiger partial charge in [0.1, 0.15) is 0 Å². The minimum atomic E-state index is -4.89. The molecule has 0 spiro atoms. The van der Waals surface area contributed by atoms with E-state index in [0.717, 1.165) is 5.56 Å². The summed E-state index contributed by atoms with van der Waals surface area (Å²) in [5.41, 5.74) is 1.48. The van der Waals surface area contributed by atoms with Crippen LogP contribution in [-0.4, -0.2) is 32.6 Å². The lowest BCUT2D eigenvalue weighted by molar-refractivity contribution is -0.355. The summed E-state index contributed by atoms with van der Waals surface area (Å²) in [5, 5.41) is 16.8. The zero-order valence-corrected chi connectivity index (χ0v) is 11.3. The van der Waals surface area contributed by atoms with Gasteiger partial charge in [-0.15, -0.1) is 0 Å². The molecule has 3 rings (SSSR count). The van der Waals surface area contributed by atoms with Crippen molar-refractivity contribution in [2.24, 2.45) is 5.16 Å². The van der Waals surface area contributed by atoms with Crippen molar-refractivity contribution in [3.05, 3.63) is 53.9 Å². The lowest BCUT2D eigenvalue weighted by Crippen LogP contribution is -2.45. The molecule has 0 saturated carbocycles. The molecule has 0 aliphatic carbocycles. The topological polar surface area (TPSA) is 59.6 Å². The fourth-order valence-electron chi connectivity index (χ4n) is 2.11. The molecule has 0 amide bonds. The maximum absolute atomic E-state index is 12.7. The molecule has 0 saturated heterocycles. The Labute approximate surface area is 123 Å². The Hall–Kier alpha value is -2.35. The predicted molar refractivity (Wildman–Crippen MR) is 71.0 cm³/mol. The highest BCUT2D eigenvalue weighted by Gasteiger charge is 2.60. The average molecular weight is 311 g/mol. The van der Waals surface area contributed by atoms with Crippen molar-refractivity contribution in [3.8, 4) is 0 Å². The van der Waals surface area contributed by atoms with Gasteiger partial charge in [0.15, 0.2) is 0 Å². The van der Waals surface area contributed by atoms with Crippen LogP contribution in [0.15, 0.2) is 47.9 Å². The Morgan fingerprint density at radius 1 is 1.27 bits per heavy atom. The van der Waals surface area contributed by atoms with Crippen LogP contribution in [0.25, 0.3) is 0 Å². The molecule has 0 bridgehead atoms. The summed E-state index contributed by atoms with van der Waals surface area (Å²) in [4.78, 5) is 4.19. The molecule has 8 heteroatoms. The molecule has 1 N–H and O–H groups in total. The van der Waals surface area contributed by atoms with Crippen molar-refractivity contribution in [2.75, 3.05) is 0 Å². The van der Waals surface area contributed by atoms with Gasteiger partial charge in [0, 0.05) is 12.4 Å². The van der Waals surface area contributed by atoms with Crippen molar-refractivity contribution in [2.45, 2.75) is 24.9 Å². The molecule has 2 heterocycles. The van der Waals surface area contributed by atoms with E-state index < -0.39 is 18.4 Å². The third-order valence-electron chi connectivity index (χ3n) is 3.35. The number of rotatable bonds is 3. The van der Waals surface area contributed by atoms with Crippen LogP contribution in [0.5, 0.6) is 0 Å². The van der Waals surface area contributed by atoms with Crippen molar-refractivity contribution in [1.82, 2.24) is 9.78 Å². The van der Waals surface area contributed by atoms with Gasteiger partial charge in [-0.3, -0.25) is 4.68 Å². The summed E-state index contributed by atoms with van der Waals surface area (Å²) in [7, 11) is 0. The van der Waals surface area contributed by atoms with Crippen LogP contribution in [0, 0.1) is 0 Å². The maximum Gasteiger partial charge on any atom is 0.458 e. The Kier molecular flexibility index (Phi) is 3.40. The van der Waals surface area contributed by atoms with E-state index >= 15 is 0 Å². The molecule has 2 aromatic rings. The Balaban J connectivity index is 1.72. The van der Waals surface area contributed by atoms with E-state index in [1.165, 1.54) is 0 Å². The van der Waals surface area contributed by atoms with Gasteiger partial charge in [-0.05, 0) is 17.2 Å². The smallest absolute Gasteiger partial charge is 0.350 e. The van der Waals surface area contributed by atoms with E-state index in [4.69, 9.17) is 0 Å². The third kappa shape index (κ3) is 2.69. The molecule has 0 fully saturated rings. The van der Waals surface area contributed by atoms with Crippen LogP contribution in [0.2, 0.25) is 0 Å². The van der Waals surface area contributed by atoms with Gasteiger partial charge in [0.05, 0.1) is 18.7 Å². The molecule has 1 atom stereocenters. The first-order valence-corrected chi connectivity index (χ1v) is 6.48. The first-order chi connectivity index (χ1) is 10.4. The van der Waals surface area contributed by atoms with E-state index in [2.05, 4.69) is 15.1 Å². The van der Waals surface area contributed by atoms with Crippen molar-refractivity contribution >= 4 is 5.71 Å². The number of benzene rings is 1. The Morgan fingerprint density at radius 2 is 2.00 bits per heavy atom. The van der Waals surface area contributed by atoms with Gasteiger partial charge in [-0.2, -0.15) is 18.3 Å². The molecule has 1 aliphatic rings. The lowest BCUT2D eigenvalue weighted by atomic mass is 10.0. The fraction of sp³-hybridized carbons (Fsp3) is 0.286. The number of hydrogen-bond donors (Lipinski definition) is 1. The first kappa shape index (κ1) is 14.6. The second kappa shape index (κ2) is 5.13. The van der Waals surface area contributed by atoms with Crippen LogP contribution in [0.4, 0.5) is 13.2 Å². The minimum Gasteiger partial charge on any atom is -0.350 e. The van der Waals surface area contributed by atoms with E-state index in [1.807, 2.05) is 6.20 Å². The number of aliphatic hydroxyl groups is 1. The van der Waals surface area contributed by atoms with Crippen LogP contribution < -0.4 is 0 Å². The highest BCUT2D eigenvalue weighted by atomic mass is 19.4. The zero-order valence-electron chi connectivity index (χ0n) is 11.3. The van der Waals surface area contributed by atoms with E-state index in [9.17, 15) is 18.3 Å². The number of hydrogen-bond acceptors (Lipinski definition) is 4. The van der Waals surface area contributed by atoms with Crippen LogP contribution >= 0.6 is 0 Å². The molecule has 1 aromatic heterocycles. The number of nitrogens with zero attached hydrogens (tertiary/aromatic N) is 3. The summed E-state index contributed by atoms with van der Waals surface area (Å²) < 4.78 is 39.7. The molecule has 22 heavy (non-hydrogen) atoms. The van der Waals surface area contributed by atoms with Gasteiger partial charge < -0.3 is 9.94 Å². The van der Waals surface area contributed by atoms with Crippen LogP contribution in [-0.2, 0) is 11.4 Å². The lowest BCUT2D eigenvalue weighted by Gasteiger charge is -2.22. The Morgan fingerprint density at radius 3 is 2.55 bits per heavy atom. The van der Waals surface area contributed by atoms with Crippen molar-refractivity contribution in [3.63, 3.8) is 0 Å². The highest BCUT2D eigenvalue weighted by Crippen LogP contribution is 2.38. The molecule has 1 unspecified atom stereocenters. The molecule has 1 aliphatic heterocycles. The fourth-order valence-corrected chi connectivity index (χ4v) is 2.11. The zero-order chi connectivity index (χ0) is 15.8. The second-order valence-electron chi connectivity index (χ2n) is 4.99.